The van der Waals surface area contributed by atoms with Gasteiger partial charge in [-0.1, -0.05) is 24.3 Å². The first kappa shape index (κ1) is 14.5. The van der Waals surface area contributed by atoms with Crippen molar-refractivity contribution in [3.8, 4) is 0 Å². The van der Waals surface area contributed by atoms with Crippen LogP contribution in [0, 0.1) is 0 Å². The van der Waals surface area contributed by atoms with Crippen molar-refractivity contribution in [1.82, 2.24) is 9.80 Å². The molecule has 4 rings (SSSR count). The summed E-state index contributed by atoms with van der Waals surface area (Å²) in [5, 5.41) is 0. The molecule has 1 aromatic carbocycles. The predicted octanol–water partition coefficient (Wildman–Crippen LogP) is 2.59. The number of amides is 1. The van der Waals surface area contributed by atoms with Gasteiger partial charge in [-0.3, -0.25) is 9.69 Å². The Morgan fingerprint density at radius 1 is 1.00 bits per heavy atom. The lowest BCUT2D eigenvalue weighted by molar-refractivity contribution is 0.0757. The molecule has 0 atom stereocenters. The van der Waals surface area contributed by atoms with Gasteiger partial charge >= 0.3 is 0 Å². The van der Waals surface area contributed by atoms with Crippen molar-refractivity contribution >= 4 is 5.91 Å². The Labute approximate surface area is 136 Å². The van der Waals surface area contributed by atoms with Gasteiger partial charge in [-0.05, 0) is 36.5 Å². The fourth-order valence-electron chi connectivity index (χ4n) is 3.87. The Bertz CT molecular complexity index is 655. The van der Waals surface area contributed by atoms with Crippen molar-refractivity contribution < 1.29 is 9.21 Å². The number of benzene rings is 1. The minimum absolute atomic E-state index is 0.0929. The van der Waals surface area contributed by atoms with Crippen LogP contribution in [0.15, 0.2) is 47.3 Å². The van der Waals surface area contributed by atoms with Crippen molar-refractivity contribution in [2.24, 2.45) is 0 Å². The average Bonchev–Trinajstić information content (AvgIpc) is 3.19. The molecule has 2 aromatic rings. The van der Waals surface area contributed by atoms with Gasteiger partial charge in [0.25, 0.3) is 5.91 Å². The first-order valence-electron chi connectivity index (χ1n) is 8.43. The van der Waals surface area contributed by atoms with Crippen LogP contribution < -0.4 is 0 Å². The Morgan fingerprint density at radius 3 is 2.48 bits per heavy atom. The van der Waals surface area contributed by atoms with Gasteiger partial charge in [0.1, 0.15) is 6.26 Å². The molecule has 0 unspecified atom stereocenters. The predicted molar refractivity (Wildman–Crippen MR) is 88.4 cm³/mol. The zero-order valence-corrected chi connectivity index (χ0v) is 13.3. The van der Waals surface area contributed by atoms with Crippen LogP contribution in [0.5, 0.6) is 0 Å². The van der Waals surface area contributed by atoms with Crippen LogP contribution in [0.1, 0.15) is 27.9 Å². The average molecular weight is 310 g/mol. The number of rotatable bonds is 2. The number of fused-ring (bicyclic) bond motifs is 1. The highest BCUT2D eigenvalue weighted by Crippen LogP contribution is 2.26. The van der Waals surface area contributed by atoms with E-state index in [9.17, 15) is 4.79 Å². The molecule has 4 nitrogen and oxygen atoms in total. The van der Waals surface area contributed by atoms with Gasteiger partial charge in [-0.25, -0.2) is 0 Å². The number of furan rings is 1. The summed E-state index contributed by atoms with van der Waals surface area (Å²) < 4.78 is 5.04. The molecule has 0 bridgehead atoms. The van der Waals surface area contributed by atoms with Crippen molar-refractivity contribution in [1.29, 1.82) is 0 Å². The Balaban J connectivity index is 1.40. The standard InChI is InChI=1S/C19H22N2O2/c22-19(17-6-11-23-14-17)21-8-3-7-20(9-10-21)18-12-15-4-1-2-5-16(15)13-18/h1-2,4-6,11,14,18H,3,7-10,12-13H2. The molecule has 1 saturated heterocycles. The maximum atomic E-state index is 12.5. The minimum atomic E-state index is 0.0929. The molecular weight excluding hydrogens is 288 g/mol. The van der Waals surface area contributed by atoms with Crippen molar-refractivity contribution in [3.63, 3.8) is 0 Å². The lowest BCUT2D eigenvalue weighted by atomic mass is 10.1. The Morgan fingerprint density at radius 2 is 1.78 bits per heavy atom. The second-order valence-corrected chi connectivity index (χ2v) is 6.52. The number of carbonyl (C=O) groups excluding carboxylic acids is 1. The first-order chi connectivity index (χ1) is 11.3. The topological polar surface area (TPSA) is 36.7 Å². The SMILES string of the molecule is O=C(c1ccoc1)N1CCCN(C2Cc3ccccc3C2)CC1. The molecule has 1 aliphatic heterocycles. The number of hydrogen-bond donors (Lipinski definition) is 0. The monoisotopic (exact) mass is 310 g/mol. The van der Waals surface area contributed by atoms with Crippen LogP contribution in [0.3, 0.4) is 0 Å². The molecule has 0 spiro atoms. The zero-order chi connectivity index (χ0) is 15.6. The lowest BCUT2D eigenvalue weighted by Crippen LogP contribution is -2.40. The van der Waals surface area contributed by atoms with Gasteiger partial charge in [0.15, 0.2) is 0 Å². The van der Waals surface area contributed by atoms with E-state index in [1.807, 2.05) is 4.90 Å². The molecule has 1 fully saturated rings. The van der Waals surface area contributed by atoms with Crippen LogP contribution in [-0.2, 0) is 12.8 Å². The summed E-state index contributed by atoms with van der Waals surface area (Å²) in [4.78, 5) is 17.0. The third-order valence-electron chi connectivity index (χ3n) is 5.13. The second kappa shape index (κ2) is 6.20. The van der Waals surface area contributed by atoms with Crippen LogP contribution in [-0.4, -0.2) is 47.9 Å². The summed E-state index contributed by atoms with van der Waals surface area (Å²) in [5.74, 6) is 0.0929. The molecule has 120 valence electrons. The normalized spacial score (nSPS) is 19.6. The zero-order valence-electron chi connectivity index (χ0n) is 13.3. The van der Waals surface area contributed by atoms with Crippen LogP contribution in [0.4, 0.5) is 0 Å². The fraction of sp³-hybridized carbons (Fsp3) is 0.421. The molecule has 2 heterocycles. The van der Waals surface area contributed by atoms with E-state index in [1.54, 1.807) is 18.6 Å². The Hall–Kier alpha value is -2.07. The largest absolute Gasteiger partial charge is 0.472 e. The Kier molecular flexibility index (Phi) is 3.92. The second-order valence-electron chi connectivity index (χ2n) is 6.52. The van der Waals surface area contributed by atoms with Crippen molar-refractivity contribution in [2.45, 2.75) is 25.3 Å². The third kappa shape index (κ3) is 2.91. The molecule has 2 aliphatic rings. The summed E-state index contributed by atoms with van der Waals surface area (Å²) in [6.07, 6.45) is 6.43. The molecule has 1 aliphatic carbocycles. The summed E-state index contributed by atoms with van der Waals surface area (Å²) in [7, 11) is 0. The quantitative estimate of drug-likeness (QED) is 0.855. The van der Waals surface area contributed by atoms with Gasteiger partial charge in [0, 0.05) is 32.2 Å². The lowest BCUT2D eigenvalue weighted by Gasteiger charge is -2.27. The highest BCUT2D eigenvalue weighted by Gasteiger charge is 2.29. The van der Waals surface area contributed by atoms with E-state index in [1.165, 1.54) is 11.1 Å². The van der Waals surface area contributed by atoms with Gasteiger partial charge < -0.3 is 9.32 Å². The molecular formula is C19H22N2O2. The smallest absolute Gasteiger partial charge is 0.257 e. The third-order valence-corrected chi connectivity index (χ3v) is 5.13. The fourth-order valence-corrected chi connectivity index (χ4v) is 3.87. The maximum Gasteiger partial charge on any atom is 0.257 e. The molecule has 0 radical (unpaired) electrons. The van der Waals surface area contributed by atoms with Crippen molar-refractivity contribution in [3.05, 3.63) is 59.5 Å². The highest BCUT2D eigenvalue weighted by atomic mass is 16.3. The summed E-state index contributed by atoms with van der Waals surface area (Å²) in [6, 6.07) is 11.1. The van der Waals surface area contributed by atoms with Gasteiger partial charge in [0.05, 0.1) is 11.8 Å². The minimum Gasteiger partial charge on any atom is -0.472 e. The first-order valence-corrected chi connectivity index (χ1v) is 8.43. The van der Waals surface area contributed by atoms with Gasteiger partial charge in [-0.15, -0.1) is 0 Å². The molecule has 0 saturated carbocycles. The van der Waals surface area contributed by atoms with E-state index in [2.05, 4.69) is 29.2 Å². The van der Waals surface area contributed by atoms with Gasteiger partial charge in [-0.2, -0.15) is 0 Å². The maximum absolute atomic E-state index is 12.5. The van der Waals surface area contributed by atoms with E-state index in [4.69, 9.17) is 4.42 Å². The van der Waals surface area contributed by atoms with E-state index >= 15 is 0 Å². The summed E-state index contributed by atoms with van der Waals surface area (Å²) >= 11 is 0. The molecule has 23 heavy (non-hydrogen) atoms. The van der Waals surface area contributed by atoms with E-state index < -0.39 is 0 Å². The van der Waals surface area contributed by atoms with Crippen LogP contribution in [0.25, 0.3) is 0 Å². The molecule has 1 amide bonds. The van der Waals surface area contributed by atoms with Crippen LogP contribution >= 0.6 is 0 Å². The number of nitrogens with zero attached hydrogens (tertiary/aromatic N) is 2. The summed E-state index contributed by atoms with van der Waals surface area (Å²) in [6.45, 7) is 3.67. The van der Waals surface area contributed by atoms with E-state index in [0.717, 1.165) is 45.4 Å². The van der Waals surface area contributed by atoms with Crippen molar-refractivity contribution in [2.75, 3.05) is 26.2 Å². The van der Waals surface area contributed by atoms with E-state index in [0.29, 0.717) is 11.6 Å². The van der Waals surface area contributed by atoms with E-state index in [-0.39, 0.29) is 5.91 Å². The van der Waals surface area contributed by atoms with Crippen LogP contribution in [0.2, 0.25) is 0 Å². The molecule has 4 heteroatoms. The van der Waals surface area contributed by atoms with Gasteiger partial charge in [0.2, 0.25) is 0 Å². The highest BCUT2D eigenvalue weighted by molar-refractivity contribution is 5.93. The molecule has 0 N–H and O–H groups in total. The molecule has 1 aromatic heterocycles. The number of hydrogen-bond acceptors (Lipinski definition) is 3. The number of carbonyl (C=O) groups is 1. The summed E-state index contributed by atoms with van der Waals surface area (Å²) in [5.41, 5.74) is 3.65.